The van der Waals surface area contributed by atoms with Crippen LogP contribution in [-0.4, -0.2) is 37.4 Å². The van der Waals surface area contributed by atoms with Gasteiger partial charge in [-0.2, -0.15) is 18.2 Å². The van der Waals surface area contributed by atoms with Gasteiger partial charge in [-0.15, -0.1) is 0 Å². The fourth-order valence-electron chi connectivity index (χ4n) is 4.51. The standard InChI is InChI=1S/C30H27F3N6O2S/c1-17(2)22-8-5-18(3)11-25(22)39-27(40)15-42-29(39)37-28(41)36-23-9-6-20(12-19(23)4)24-14-38(16-35-24)26-10-7-21(13-34-26)30(31,32)33/h5-14,16-17H,15H2,1-4H3,(H,36,41)/b37-29-. The predicted octanol–water partition coefficient (Wildman–Crippen LogP) is 7.36. The number of rotatable bonds is 5. The van der Waals surface area contributed by atoms with Gasteiger partial charge in [0.05, 0.1) is 22.7 Å². The number of imidazole rings is 1. The second kappa shape index (κ2) is 11.4. The highest BCUT2D eigenvalue weighted by molar-refractivity contribution is 8.15. The molecule has 0 unspecified atom stereocenters. The van der Waals surface area contributed by atoms with Crippen molar-refractivity contribution in [2.75, 3.05) is 16.0 Å². The number of thioether (sulfide) groups is 1. The number of hydrogen-bond acceptors (Lipinski definition) is 5. The molecule has 5 rings (SSSR count). The fraction of sp³-hybridized carbons (Fsp3) is 0.233. The monoisotopic (exact) mass is 592 g/mol. The molecule has 1 saturated heterocycles. The van der Waals surface area contributed by atoms with Gasteiger partial charge in [0.1, 0.15) is 12.1 Å². The number of anilines is 2. The van der Waals surface area contributed by atoms with E-state index in [9.17, 15) is 22.8 Å². The lowest BCUT2D eigenvalue weighted by molar-refractivity contribution is -0.137. The van der Waals surface area contributed by atoms with E-state index in [-0.39, 0.29) is 17.6 Å². The molecule has 12 heteroatoms. The van der Waals surface area contributed by atoms with Gasteiger partial charge in [0.25, 0.3) is 0 Å². The Morgan fingerprint density at radius 1 is 1.07 bits per heavy atom. The minimum atomic E-state index is -4.46. The van der Waals surface area contributed by atoms with E-state index in [1.54, 1.807) is 18.3 Å². The molecule has 2 aromatic carbocycles. The summed E-state index contributed by atoms with van der Waals surface area (Å²) in [4.78, 5) is 39.8. The average Bonchev–Trinajstić information content (AvgIpc) is 3.56. The number of aliphatic imine (C=N–C) groups is 1. The lowest BCUT2D eigenvalue weighted by Crippen LogP contribution is -2.31. The van der Waals surface area contributed by atoms with Crippen LogP contribution in [0.4, 0.5) is 29.3 Å². The van der Waals surface area contributed by atoms with Crippen molar-refractivity contribution in [3.05, 3.63) is 89.5 Å². The zero-order valence-corrected chi connectivity index (χ0v) is 24.0. The quantitative estimate of drug-likeness (QED) is 0.261. The molecule has 0 saturated carbocycles. The zero-order chi connectivity index (χ0) is 30.2. The van der Waals surface area contributed by atoms with E-state index in [2.05, 4.69) is 20.3 Å². The molecule has 0 spiro atoms. The van der Waals surface area contributed by atoms with Crippen LogP contribution in [0.2, 0.25) is 0 Å². The van der Waals surface area contributed by atoms with Gasteiger partial charge in [-0.3, -0.25) is 14.3 Å². The molecular formula is C30H27F3N6O2S. The van der Waals surface area contributed by atoms with E-state index in [1.807, 2.05) is 52.0 Å². The number of carbonyl (C=O) groups excluding carboxylic acids is 2. The molecule has 0 aliphatic carbocycles. The minimum absolute atomic E-state index is 0.134. The number of hydrogen-bond donors (Lipinski definition) is 1. The summed E-state index contributed by atoms with van der Waals surface area (Å²) in [5.74, 6) is 0.531. The van der Waals surface area contributed by atoms with Crippen LogP contribution in [0.3, 0.4) is 0 Å². The van der Waals surface area contributed by atoms with Crippen LogP contribution >= 0.6 is 11.8 Å². The van der Waals surface area contributed by atoms with Crippen molar-refractivity contribution in [1.82, 2.24) is 14.5 Å². The number of benzene rings is 2. The first-order chi connectivity index (χ1) is 19.9. The molecule has 1 aliphatic rings. The topological polar surface area (TPSA) is 92.5 Å². The van der Waals surface area contributed by atoms with Gasteiger partial charge in [-0.05, 0) is 66.8 Å². The number of amides is 3. The van der Waals surface area contributed by atoms with Gasteiger partial charge in [-0.1, -0.05) is 43.8 Å². The lowest BCUT2D eigenvalue weighted by Gasteiger charge is -2.22. The summed E-state index contributed by atoms with van der Waals surface area (Å²) >= 11 is 1.22. The predicted molar refractivity (Wildman–Crippen MR) is 158 cm³/mol. The van der Waals surface area contributed by atoms with Crippen LogP contribution in [0.15, 0.2) is 72.2 Å². The normalized spacial score (nSPS) is 14.7. The summed E-state index contributed by atoms with van der Waals surface area (Å²) in [6.07, 6.45) is -0.549. The maximum absolute atomic E-state index is 12.9. The van der Waals surface area contributed by atoms with Crippen molar-refractivity contribution in [2.45, 2.75) is 39.8 Å². The number of halogens is 3. The van der Waals surface area contributed by atoms with Crippen molar-refractivity contribution < 1.29 is 22.8 Å². The number of nitrogens with zero attached hydrogens (tertiary/aromatic N) is 5. The first kappa shape index (κ1) is 29.1. The number of alkyl halides is 3. The third-order valence-electron chi connectivity index (χ3n) is 6.70. The largest absolute Gasteiger partial charge is 0.417 e. The van der Waals surface area contributed by atoms with Crippen molar-refractivity contribution in [2.24, 2.45) is 4.99 Å². The van der Waals surface area contributed by atoms with Gasteiger partial charge in [0.2, 0.25) is 5.91 Å². The first-order valence-corrected chi connectivity index (χ1v) is 14.0. The van der Waals surface area contributed by atoms with Gasteiger partial charge >= 0.3 is 12.2 Å². The maximum Gasteiger partial charge on any atom is 0.417 e. The Hall–Kier alpha value is -4.45. The summed E-state index contributed by atoms with van der Waals surface area (Å²) in [7, 11) is 0. The lowest BCUT2D eigenvalue weighted by atomic mass is 9.99. The second-order valence-electron chi connectivity index (χ2n) is 10.2. The fourth-order valence-corrected chi connectivity index (χ4v) is 5.37. The number of urea groups is 1. The van der Waals surface area contributed by atoms with Crippen molar-refractivity contribution >= 4 is 40.2 Å². The number of aryl methyl sites for hydroxylation is 2. The number of carbonyl (C=O) groups is 2. The van der Waals surface area contributed by atoms with Crippen LogP contribution in [0, 0.1) is 13.8 Å². The van der Waals surface area contributed by atoms with Crippen molar-refractivity contribution in [3.8, 4) is 17.1 Å². The van der Waals surface area contributed by atoms with Crippen LogP contribution in [0.5, 0.6) is 0 Å². The summed E-state index contributed by atoms with van der Waals surface area (Å²) in [6.45, 7) is 7.87. The van der Waals surface area contributed by atoms with Crippen LogP contribution < -0.4 is 10.2 Å². The molecule has 3 heterocycles. The van der Waals surface area contributed by atoms with E-state index < -0.39 is 17.8 Å². The van der Waals surface area contributed by atoms with Crippen LogP contribution in [-0.2, 0) is 11.0 Å². The van der Waals surface area contributed by atoms with Gasteiger partial charge in [-0.25, -0.2) is 14.8 Å². The van der Waals surface area contributed by atoms with Crippen LogP contribution in [0.25, 0.3) is 17.1 Å². The number of pyridine rings is 1. The number of amidine groups is 1. The molecule has 2 aromatic heterocycles. The Kier molecular flexibility index (Phi) is 7.91. The average molecular weight is 593 g/mol. The second-order valence-corrected chi connectivity index (χ2v) is 11.1. The third kappa shape index (κ3) is 6.08. The molecule has 1 N–H and O–H groups in total. The Morgan fingerprint density at radius 3 is 2.52 bits per heavy atom. The van der Waals surface area contributed by atoms with E-state index in [4.69, 9.17) is 0 Å². The SMILES string of the molecule is Cc1ccc(C(C)C)c(N2C(=O)CS/C2=N\C(=O)Nc2ccc(-c3cn(-c4ccc(C(F)(F)F)cn4)cn3)cc2C)c1. The third-order valence-corrected chi connectivity index (χ3v) is 7.62. The molecule has 0 atom stereocenters. The highest BCUT2D eigenvalue weighted by Crippen LogP contribution is 2.34. The number of nitrogens with one attached hydrogen (secondary N) is 1. The molecule has 0 radical (unpaired) electrons. The molecule has 1 aliphatic heterocycles. The van der Waals surface area contributed by atoms with Gasteiger partial charge in [0, 0.05) is 23.6 Å². The van der Waals surface area contributed by atoms with E-state index >= 15 is 0 Å². The maximum atomic E-state index is 12.9. The smallest absolute Gasteiger partial charge is 0.306 e. The Bertz CT molecular complexity index is 1700. The molecule has 42 heavy (non-hydrogen) atoms. The molecule has 3 amide bonds. The molecule has 216 valence electrons. The van der Waals surface area contributed by atoms with Gasteiger partial charge < -0.3 is 5.32 Å². The minimum Gasteiger partial charge on any atom is -0.306 e. The van der Waals surface area contributed by atoms with E-state index in [1.165, 1.54) is 33.6 Å². The van der Waals surface area contributed by atoms with E-state index in [0.717, 1.165) is 40.2 Å². The molecule has 0 bridgehead atoms. The Morgan fingerprint density at radius 2 is 1.86 bits per heavy atom. The molecule has 1 fully saturated rings. The highest BCUT2D eigenvalue weighted by Gasteiger charge is 2.33. The molecule has 4 aromatic rings. The van der Waals surface area contributed by atoms with E-state index in [0.29, 0.717) is 22.4 Å². The van der Waals surface area contributed by atoms with Crippen molar-refractivity contribution in [3.63, 3.8) is 0 Å². The van der Waals surface area contributed by atoms with Crippen LogP contribution in [0.1, 0.15) is 42.0 Å². The Labute approximate surface area is 244 Å². The molecule has 8 nitrogen and oxygen atoms in total. The van der Waals surface area contributed by atoms with Gasteiger partial charge in [0.15, 0.2) is 5.17 Å². The summed E-state index contributed by atoms with van der Waals surface area (Å²) in [5, 5.41) is 3.12. The zero-order valence-electron chi connectivity index (χ0n) is 23.2. The first-order valence-electron chi connectivity index (χ1n) is 13.1. The molecular weight excluding hydrogens is 565 g/mol. The number of aromatic nitrogens is 3. The Balaban J connectivity index is 1.33. The summed E-state index contributed by atoms with van der Waals surface area (Å²) in [6, 6.07) is 12.9. The summed E-state index contributed by atoms with van der Waals surface area (Å²) in [5.41, 5.74) is 4.50. The summed E-state index contributed by atoms with van der Waals surface area (Å²) < 4.78 is 40.1. The highest BCUT2D eigenvalue weighted by atomic mass is 32.2. The van der Waals surface area contributed by atoms with Crippen molar-refractivity contribution in [1.29, 1.82) is 0 Å².